The van der Waals surface area contributed by atoms with E-state index in [2.05, 4.69) is 5.32 Å². The highest BCUT2D eigenvalue weighted by molar-refractivity contribution is 7.89. The van der Waals surface area contributed by atoms with E-state index in [9.17, 15) is 18.0 Å². The van der Waals surface area contributed by atoms with Crippen LogP contribution in [0.15, 0.2) is 71.6 Å². The summed E-state index contributed by atoms with van der Waals surface area (Å²) in [6.07, 6.45) is 4.00. The molecule has 8 nitrogen and oxygen atoms in total. The maximum Gasteiger partial charge on any atom is 0.243 e. The Hall–Kier alpha value is -3.43. The highest BCUT2D eigenvalue weighted by Gasteiger charge is 2.31. The van der Waals surface area contributed by atoms with Gasteiger partial charge in [-0.2, -0.15) is 4.31 Å². The first-order valence-corrected chi connectivity index (χ1v) is 14.3. The van der Waals surface area contributed by atoms with Gasteiger partial charge in [0.25, 0.3) is 0 Å². The van der Waals surface area contributed by atoms with Gasteiger partial charge in [0.1, 0.15) is 11.8 Å². The number of methoxy groups -OCH3 is 1. The molecule has 9 heteroatoms. The van der Waals surface area contributed by atoms with Gasteiger partial charge in [0, 0.05) is 19.6 Å². The van der Waals surface area contributed by atoms with Crippen molar-refractivity contribution in [2.75, 3.05) is 20.7 Å². The number of carbonyl (C=O) groups is 2. The number of fused-ring (bicyclic) bond motifs is 1. The minimum Gasteiger partial charge on any atom is -0.497 e. The number of sulfonamides is 1. The zero-order valence-corrected chi connectivity index (χ0v) is 22.9. The van der Waals surface area contributed by atoms with Gasteiger partial charge in [-0.05, 0) is 60.4 Å². The Kier molecular flexibility index (Phi) is 8.69. The molecule has 0 saturated heterocycles. The van der Waals surface area contributed by atoms with E-state index in [0.717, 1.165) is 46.3 Å². The molecule has 0 heterocycles. The molecule has 3 aromatic rings. The van der Waals surface area contributed by atoms with Crippen molar-refractivity contribution < 1.29 is 22.7 Å². The summed E-state index contributed by atoms with van der Waals surface area (Å²) in [7, 11) is -0.996. The predicted molar refractivity (Wildman–Crippen MR) is 147 cm³/mol. The number of carbonyl (C=O) groups excluding carboxylic acids is 2. The molecule has 0 bridgehead atoms. The molecule has 0 spiro atoms. The second-order valence-corrected chi connectivity index (χ2v) is 11.9. The number of hydrogen-bond acceptors (Lipinski definition) is 5. The predicted octanol–water partition coefficient (Wildman–Crippen LogP) is 3.95. The van der Waals surface area contributed by atoms with Crippen molar-refractivity contribution in [3.8, 4) is 5.75 Å². The molecule has 2 amide bonds. The maximum absolute atomic E-state index is 13.6. The fourth-order valence-electron chi connectivity index (χ4n) is 4.82. The van der Waals surface area contributed by atoms with E-state index >= 15 is 0 Å². The summed E-state index contributed by atoms with van der Waals surface area (Å²) in [5, 5.41) is 4.78. The van der Waals surface area contributed by atoms with Crippen LogP contribution in [0.5, 0.6) is 5.75 Å². The van der Waals surface area contributed by atoms with Crippen molar-refractivity contribution in [1.82, 2.24) is 14.5 Å². The largest absolute Gasteiger partial charge is 0.497 e. The van der Waals surface area contributed by atoms with Gasteiger partial charge in [0.15, 0.2) is 0 Å². The van der Waals surface area contributed by atoms with Crippen LogP contribution in [0.1, 0.15) is 38.2 Å². The van der Waals surface area contributed by atoms with Crippen LogP contribution in [0.25, 0.3) is 10.8 Å². The maximum atomic E-state index is 13.6. The van der Waals surface area contributed by atoms with Crippen LogP contribution in [0.3, 0.4) is 0 Å². The number of hydrogen-bond donors (Lipinski definition) is 1. The number of amides is 2. The van der Waals surface area contributed by atoms with Crippen molar-refractivity contribution in [3.05, 3.63) is 72.3 Å². The van der Waals surface area contributed by atoms with E-state index in [0.29, 0.717) is 5.75 Å². The third kappa shape index (κ3) is 6.34. The van der Waals surface area contributed by atoms with Crippen LogP contribution in [0.2, 0.25) is 0 Å². The van der Waals surface area contributed by atoms with Gasteiger partial charge in [0.2, 0.25) is 21.8 Å². The van der Waals surface area contributed by atoms with Crippen LogP contribution in [-0.4, -0.2) is 62.2 Å². The number of rotatable bonds is 10. The van der Waals surface area contributed by atoms with E-state index in [4.69, 9.17) is 4.74 Å². The molecule has 1 unspecified atom stereocenters. The Morgan fingerprint density at radius 2 is 1.71 bits per heavy atom. The first-order valence-electron chi connectivity index (χ1n) is 12.9. The normalized spacial score (nSPS) is 14.9. The number of ether oxygens (including phenoxy) is 1. The van der Waals surface area contributed by atoms with Gasteiger partial charge < -0.3 is 15.0 Å². The molecule has 38 heavy (non-hydrogen) atoms. The lowest BCUT2D eigenvalue weighted by atomic mass is 10.1. The highest BCUT2D eigenvalue weighted by Crippen LogP contribution is 2.23. The van der Waals surface area contributed by atoms with E-state index in [1.54, 1.807) is 44.4 Å². The number of nitrogens with zero attached hydrogens (tertiary/aromatic N) is 2. The number of benzene rings is 3. The molecule has 1 saturated carbocycles. The summed E-state index contributed by atoms with van der Waals surface area (Å²) in [6, 6.07) is 19.0. The third-order valence-corrected chi connectivity index (χ3v) is 8.94. The van der Waals surface area contributed by atoms with Crippen LogP contribution in [0, 0.1) is 0 Å². The Labute approximate surface area is 224 Å². The molecule has 0 aliphatic heterocycles. The highest BCUT2D eigenvalue weighted by atomic mass is 32.2. The molecule has 202 valence electrons. The van der Waals surface area contributed by atoms with E-state index in [1.165, 1.54) is 11.9 Å². The first kappa shape index (κ1) is 27.6. The molecule has 1 aliphatic carbocycles. The fourth-order valence-corrected chi connectivity index (χ4v) is 5.97. The van der Waals surface area contributed by atoms with E-state index < -0.39 is 28.5 Å². The summed E-state index contributed by atoms with van der Waals surface area (Å²) in [4.78, 5) is 28.3. The van der Waals surface area contributed by atoms with Gasteiger partial charge >= 0.3 is 0 Å². The SMILES string of the molecule is COc1cccc(CN(C(=O)CN(C)S(=O)(=O)c2ccc3ccccc3c2)C(C)C(=O)NC2CCCC2)c1. The average molecular weight is 538 g/mol. The zero-order chi connectivity index (χ0) is 27.3. The second-order valence-electron chi connectivity index (χ2n) is 9.81. The van der Waals surface area contributed by atoms with Gasteiger partial charge in [-0.1, -0.05) is 55.3 Å². The molecule has 1 aliphatic rings. The Bertz CT molecular complexity index is 1400. The Morgan fingerprint density at radius 1 is 1.00 bits per heavy atom. The van der Waals surface area contributed by atoms with Gasteiger partial charge in [0.05, 0.1) is 18.6 Å². The van der Waals surface area contributed by atoms with E-state index in [1.807, 2.05) is 36.4 Å². The smallest absolute Gasteiger partial charge is 0.243 e. The van der Waals surface area contributed by atoms with Gasteiger partial charge in [-0.15, -0.1) is 0 Å². The summed E-state index contributed by atoms with van der Waals surface area (Å²) >= 11 is 0. The summed E-state index contributed by atoms with van der Waals surface area (Å²) in [6.45, 7) is 1.42. The van der Waals surface area contributed by atoms with Crippen molar-refractivity contribution in [1.29, 1.82) is 0 Å². The molecule has 0 radical (unpaired) electrons. The Balaban J connectivity index is 1.55. The lowest BCUT2D eigenvalue weighted by molar-refractivity contribution is -0.140. The minimum atomic E-state index is -3.94. The van der Waals surface area contributed by atoms with Crippen molar-refractivity contribution in [3.63, 3.8) is 0 Å². The van der Waals surface area contributed by atoms with Crippen molar-refractivity contribution in [2.45, 2.75) is 56.1 Å². The minimum absolute atomic E-state index is 0.106. The fraction of sp³-hybridized carbons (Fsp3) is 0.379. The molecule has 1 fully saturated rings. The van der Waals surface area contributed by atoms with Crippen LogP contribution < -0.4 is 10.1 Å². The van der Waals surface area contributed by atoms with Gasteiger partial charge in [-0.3, -0.25) is 9.59 Å². The molecular formula is C29H35N3O5S. The number of nitrogens with one attached hydrogen (secondary N) is 1. The third-order valence-electron chi connectivity index (χ3n) is 7.14. The summed E-state index contributed by atoms with van der Waals surface area (Å²) in [5.74, 6) is -0.0732. The standard InChI is InChI=1S/C29H35N3O5S/c1-21(29(34)30-25-12-6-7-13-25)32(19-22-9-8-14-26(17-22)37-3)28(33)20-31(2)38(35,36)27-16-15-23-10-4-5-11-24(23)18-27/h4-5,8-11,14-18,21,25H,6-7,12-13,19-20H2,1-3H3,(H,30,34). The Morgan fingerprint density at radius 3 is 2.42 bits per heavy atom. The van der Waals surface area contributed by atoms with Crippen molar-refractivity contribution >= 4 is 32.6 Å². The molecule has 4 rings (SSSR count). The molecular weight excluding hydrogens is 502 g/mol. The van der Waals surface area contributed by atoms with Crippen molar-refractivity contribution in [2.24, 2.45) is 0 Å². The molecule has 1 atom stereocenters. The first-order chi connectivity index (χ1) is 18.2. The topological polar surface area (TPSA) is 96.0 Å². The monoisotopic (exact) mass is 537 g/mol. The van der Waals surface area contributed by atoms with Gasteiger partial charge in [-0.25, -0.2) is 8.42 Å². The lowest BCUT2D eigenvalue weighted by Crippen LogP contribution is -2.52. The van der Waals surface area contributed by atoms with Crippen LogP contribution >= 0.6 is 0 Å². The lowest BCUT2D eigenvalue weighted by Gasteiger charge is -2.31. The summed E-state index contributed by atoms with van der Waals surface area (Å²) < 4.78 is 33.1. The average Bonchev–Trinajstić information content (AvgIpc) is 3.44. The molecule has 1 N–H and O–H groups in total. The summed E-state index contributed by atoms with van der Waals surface area (Å²) in [5.41, 5.74) is 0.776. The van der Waals surface area contributed by atoms with E-state index in [-0.39, 0.29) is 23.4 Å². The molecule has 0 aromatic heterocycles. The zero-order valence-electron chi connectivity index (χ0n) is 22.1. The number of likely N-dealkylation sites (N-methyl/N-ethyl adjacent to an activating group) is 1. The van der Waals surface area contributed by atoms with Crippen LogP contribution in [-0.2, 0) is 26.2 Å². The quantitative estimate of drug-likeness (QED) is 0.423. The molecule has 3 aromatic carbocycles. The second kappa shape index (κ2) is 12.0. The van der Waals surface area contributed by atoms with Crippen LogP contribution in [0.4, 0.5) is 0 Å².